The molecule has 2 N–H and O–H groups in total. The summed E-state index contributed by atoms with van der Waals surface area (Å²) in [5.41, 5.74) is 0. The highest BCUT2D eigenvalue weighted by Crippen LogP contribution is 2.23. The van der Waals surface area contributed by atoms with Crippen molar-refractivity contribution in [2.45, 2.75) is 19.0 Å². The van der Waals surface area contributed by atoms with Gasteiger partial charge in [-0.25, -0.2) is 9.59 Å². The first-order valence-corrected chi connectivity index (χ1v) is 7.54. The number of hydrogen-bond donors (Lipinski definition) is 2. The van der Waals surface area contributed by atoms with E-state index in [0.29, 0.717) is 11.6 Å². The highest BCUT2D eigenvalue weighted by Gasteiger charge is 2.35. The molecule has 2 heterocycles. The minimum absolute atomic E-state index is 0.0995. The number of nitrogens with one attached hydrogen (secondary N) is 1. The smallest absolute Gasteiger partial charge is 0.327 e. The number of carbonyl (C=O) groups is 2. The normalized spacial score (nSPS) is 20.7. The number of aliphatic carboxylic acids is 1. The van der Waals surface area contributed by atoms with E-state index in [1.54, 1.807) is 11.3 Å². The summed E-state index contributed by atoms with van der Waals surface area (Å²) >= 11 is 3.03. The molecule has 0 spiro atoms. The third-order valence-corrected chi connectivity index (χ3v) is 4.81. The number of nitrogens with zero attached hydrogens (tertiary/aromatic N) is 1. The molecule has 2 atom stereocenters. The topological polar surface area (TPSA) is 69.6 Å². The molecule has 1 aliphatic rings. The third-order valence-electron chi connectivity index (χ3n) is 2.74. The van der Waals surface area contributed by atoms with Crippen molar-refractivity contribution in [3.05, 3.63) is 22.4 Å². The molecule has 2 unspecified atom stereocenters. The van der Waals surface area contributed by atoms with Crippen LogP contribution in [0.5, 0.6) is 0 Å². The van der Waals surface area contributed by atoms with E-state index in [1.165, 1.54) is 16.7 Å². The first-order chi connectivity index (χ1) is 8.59. The summed E-state index contributed by atoms with van der Waals surface area (Å²) in [4.78, 5) is 25.4. The van der Waals surface area contributed by atoms with Crippen molar-refractivity contribution in [1.29, 1.82) is 0 Å². The lowest BCUT2D eigenvalue weighted by Gasteiger charge is -2.23. The van der Waals surface area contributed by atoms with Gasteiger partial charge in [-0.05, 0) is 18.4 Å². The Kier molecular flexibility index (Phi) is 4.13. The Morgan fingerprint density at radius 1 is 1.61 bits per heavy atom. The van der Waals surface area contributed by atoms with Crippen LogP contribution in [0.4, 0.5) is 4.79 Å². The monoisotopic (exact) mass is 286 g/mol. The summed E-state index contributed by atoms with van der Waals surface area (Å²) in [6.07, 6.45) is 0. The van der Waals surface area contributed by atoms with E-state index in [2.05, 4.69) is 5.32 Å². The zero-order valence-electron chi connectivity index (χ0n) is 9.83. The quantitative estimate of drug-likeness (QED) is 0.891. The lowest BCUT2D eigenvalue weighted by atomic mass is 10.2. The van der Waals surface area contributed by atoms with E-state index >= 15 is 0 Å². The zero-order chi connectivity index (χ0) is 13.1. The van der Waals surface area contributed by atoms with Gasteiger partial charge >= 0.3 is 12.0 Å². The molecule has 18 heavy (non-hydrogen) atoms. The van der Waals surface area contributed by atoms with Gasteiger partial charge in [-0.15, -0.1) is 23.1 Å². The fraction of sp³-hybridized carbons (Fsp3) is 0.455. The molecule has 7 heteroatoms. The van der Waals surface area contributed by atoms with Crippen LogP contribution in [0.1, 0.15) is 17.8 Å². The van der Waals surface area contributed by atoms with Gasteiger partial charge in [0.1, 0.15) is 6.04 Å². The number of hydrogen-bond acceptors (Lipinski definition) is 4. The summed E-state index contributed by atoms with van der Waals surface area (Å²) in [6.45, 7) is 1.89. The molecule has 1 fully saturated rings. The van der Waals surface area contributed by atoms with Crippen molar-refractivity contribution in [3.63, 3.8) is 0 Å². The van der Waals surface area contributed by atoms with E-state index < -0.39 is 12.0 Å². The van der Waals surface area contributed by atoms with Gasteiger partial charge in [0.2, 0.25) is 0 Å². The molecule has 1 aromatic heterocycles. The molecule has 2 rings (SSSR count). The molecule has 98 valence electrons. The Balaban J connectivity index is 1.97. The maximum Gasteiger partial charge on any atom is 0.327 e. The molecule has 0 saturated carbocycles. The van der Waals surface area contributed by atoms with Crippen molar-refractivity contribution in [1.82, 2.24) is 10.2 Å². The molecular formula is C11H14N2O3S2. The predicted molar refractivity (Wildman–Crippen MR) is 71.9 cm³/mol. The minimum atomic E-state index is -0.945. The summed E-state index contributed by atoms with van der Waals surface area (Å²) in [5.74, 6) is -0.0604. The van der Waals surface area contributed by atoms with Crippen LogP contribution in [0, 0.1) is 0 Å². The summed E-state index contributed by atoms with van der Waals surface area (Å²) < 4.78 is 0. The molecule has 0 bridgehead atoms. The lowest BCUT2D eigenvalue weighted by Crippen LogP contribution is -2.47. The molecule has 1 aliphatic heterocycles. The molecular weight excluding hydrogens is 272 g/mol. The van der Waals surface area contributed by atoms with Gasteiger partial charge in [0.15, 0.2) is 0 Å². The van der Waals surface area contributed by atoms with Gasteiger partial charge in [-0.1, -0.05) is 6.07 Å². The zero-order valence-corrected chi connectivity index (χ0v) is 11.5. The molecule has 0 aliphatic carbocycles. The fourth-order valence-corrected chi connectivity index (χ4v) is 3.60. The van der Waals surface area contributed by atoms with Crippen LogP contribution in [0.3, 0.4) is 0 Å². The second-order valence-corrected chi connectivity index (χ2v) is 5.99. The number of thioether (sulfide) groups is 1. The van der Waals surface area contributed by atoms with Crippen LogP contribution in [0.15, 0.2) is 17.5 Å². The number of amides is 2. The Morgan fingerprint density at radius 2 is 2.39 bits per heavy atom. The molecule has 1 aromatic rings. The van der Waals surface area contributed by atoms with Gasteiger partial charge in [0.05, 0.1) is 11.9 Å². The van der Waals surface area contributed by atoms with Crippen LogP contribution in [0.2, 0.25) is 0 Å². The molecule has 0 aromatic carbocycles. The Morgan fingerprint density at radius 3 is 3.00 bits per heavy atom. The van der Waals surface area contributed by atoms with Gasteiger partial charge in [0, 0.05) is 10.6 Å². The van der Waals surface area contributed by atoms with E-state index in [-0.39, 0.29) is 12.1 Å². The minimum Gasteiger partial charge on any atom is -0.480 e. The van der Waals surface area contributed by atoms with Crippen LogP contribution in [0.25, 0.3) is 0 Å². The summed E-state index contributed by atoms with van der Waals surface area (Å²) in [7, 11) is 0. The number of carbonyl (C=O) groups excluding carboxylic acids is 1. The standard InChI is InChI=1S/C11H14N2O3S2/c1-7(9-3-2-4-18-9)12-11(16)13-6-17-5-8(13)10(14)15/h2-4,7-8H,5-6H2,1H3,(H,12,16)(H,14,15). The van der Waals surface area contributed by atoms with Gasteiger partial charge in [0.25, 0.3) is 0 Å². The third kappa shape index (κ3) is 2.78. The molecule has 0 radical (unpaired) electrons. The largest absolute Gasteiger partial charge is 0.480 e. The highest BCUT2D eigenvalue weighted by atomic mass is 32.2. The number of thiophene rings is 1. The second-order valence-electron chi connectivity index (χ2n) is 4.01. The van der Waals surface area contributed by atoms with Gasteiger partial charge in [-0.2, -0.15) is 0 Å². The molecule has 2 amide bonds. The number of carboxylic acids is 1. The van der Waals surface area contributed by atoms with E-state index in [1.807, 2.05) is 24.4 Å². The van der Waals surface area contributed by atoms with Crippen molar-refractivity contribution < 1.29 is 14.7 Å². The SMILES string of the molecule is CC(NC(=O)N1CSCC1C(=O)O)c1cccs1. The first kappa shape index (κ1) is 13.2. The maximum atomic E-state index is 12.0. The number of rotatable bonds is 3. The Bertz CT molecular complexity index is 436. The van der Waals surface area contributed by atoms with Gasteiger partial charge in [-0.3, -0.25) is 0 Å². The predicted octanol–water partition coefficient (Wildman–Crippen LogP) is 1.98. The van der Waals surface area contributed by atoms with Crippen molar-refractivity contribution in [3.8, 4) is 0 Å². The second kappa shape index (κ2) is 5.62. The maximum absolute atomic E-state index is 12.0. The number of urea groups is 1. The Labute approximate surface area is 113 Å². The first-order valence-electron chi connectivity index (χ1n) is 5.50. The van der Waals surface area contributed by atoms with E-state index in [4.69, 9.17) is 5.11 Å². The van der Waals surface area contributed by atoms with Crippen LogP contribution < -0.4 is 5.32 Å². The fourth-order valence-electron chi connectivity index (χ4n) is 1.72. The summed E-state index contributed by atoms with van der Waals surface area (Å²) in [5, 5.41) is 13.8. The molecule has 1 saturated heterocycles. The van der Waals surface area contributed by atoms with Crippen molar-refractivity contribution in [2.24, 2.45) is 0 Å². The van der Waals surface area contributed by atoms with Crippen LogP contribution >= 0.6 is 23.1 Å². The Hall–Kier alpha value is -1.21. The van der Waals surface area contributed by atoms with Crippen LogP contribution in [-0.4, -0.2) is 39.7 Å². The van der Waals surface area contributed by atoms with Gasteiger partial charge < -0.3 is 15.3 Å². The van der Waals surface area contributed by atoms with Crippen molar-refractivity contribution >= 4 is 35.1 Å². The van der Waals surface area contributed by atoms with E-state index in [9.17, 15) is 9.59 Å². The lowest BCUT2D eigenvalue weighted by molar-refractivity contribution is -0.140. The highest BCUT2D eigenvalue weighted by molar-refractivity contribution is 7.99. The average Bonchev–Trinajstić information content (AvgIpc) is 3.00. The summed E-state index contributed by atoms with van der Waals surface area (Å²) in [6, 6.07) is 2.74. The number of carboxylic acid groups (broad SMARTS) is 1. The van der Waals surface area contributed by atoms with E-state index in [0.717, 1.165) is 4.88 Å². The van der Waals surface area contributed by atoms with Crippen molar-refractivity contribution in [2.75, 3.05) is 11.6 Å². The average molecular weight is 286 g/mol. The molecule has 5 nitrogen and oxygen atoms in total. The van der Waals surface area contributed by atoms with Crippen LogP contribution in [-0.2, 0) is 4.79 Å².